The van der Waals surface area contributed by atoms with Gasteiger partial charge in [-0.2, -0.15) is 17.5 Å². The quantitative estimate of drug-likeness (QED) is 0.721. The fraction of sp³-hybridized carbons (Fsp3) is 0.350. The highest BCUT2D eigenvalue weighted by molar-refractivity contribution is 7.89. The van der Waals surface area contributed by atoms with Gasteiger partial charge in [-0.05, 0) is 42.9 Å². The number of halogens is 4. The molecule has 0 atom stereocenters. The van der Waals surface area contributed by atoms with Crippen molar-refractivity contribution in [2.75, 3.05) is 33.2 Å². The highest BCUT2D eigenvalue weighted by Crippen LogP contribution is 2.30. The van der Waals surface area contributed by atoms with Crippen LogP contribution in [0.25, 0.3) is 0 Å². The number of nitrogens with one attached hydrogen (secondary N) is 1. The zero-order valence-electron chi connectivity index (χ0n) is 16.6. The van der Waals surface area contributed by atoms with Crippen molar-refractivity contribution in [2.24, 2.45) is 0 Å². The van der Waals surface area contributed by atoms with Gasteiger partial charge in [-0.15, -0.1) is 0 Å². The minimum atomic E-state index is -4.48. The zero-order valence-corrected chi connectivity index (χ0v) is 18.2. The van der Waals surface area contributed by atoms with Crippen molar-refractivity contribution in [3.63, 3.8) is 0 Å². The molecule has 1 aliphatic heterocycles. The number of benzene rings is 2. The maximum atomic E-state index is 13.0. The van der Waals surface area contributed by atoms with Gasteiger partial charge in [0.2, 0.25) is 10.0 Å². The molecule has 3 rings (SSSR count). The Morgan fingerprint density at radius 3 is 2.42 bits per heavy atom. The molecular formula is C20H21ClF3N3O3S. The van der Waals surface area contributed by atoms with Crippen LogP contribution in [0.15, 0.2) is 47.4 Å². The molecule has 0 spiro atoms. The van der Waals surface area contributed by atoms with Gasteiger partial charge in [-0.3, -0.25) is 4.79 Å². The minimum Gasteiger partial charge on any atom is -0.348 e. The summed E-state index contributed by atoms with van der Waals surface area (Å²) in [7, 11) is -2.00. The molecule has 1 saturated heterocycles. The summed E-state index contributed by atoms with van der Waals surface area (Å²) in [6.45, 7) is 1.62. The van der Waals surface area contributed by atoms with Crippen LogP contribution < -0.4 is 5.32 Å². The summed E-state index contributed by atoms with van der Waals surface area (Å²) in [4.78, 5) is 14.3. The van der Waals surface area contributed by atoms with Gasteiger partial charge < -0.3 is 10.2 Å². The first-order valence-corrected chi connectivity index (χ1v) is 11.2. The largest absolute Gasteiger partial charge is 0.416 e. The topological polar surface area (TPSA) is 69.7 Å². The van der Waals surface area contributed by atoms with E-state index in [1.54, 1.807) is 0 Å². The number of sulfonamides is 1. The first-order valence-electron chi connectivity index (χ1n) is 9.41. The Bertz CT molecular complexity index is 1070. The molecule has 0 unspecified atom stereocenters. The van der Waals surface area contributed by atoms with Crippen LogP contribution in [0, 0.1) is 0 Å². The lowest BCUT2D eigenvalue weighted by atomic mass is 10.1. The van der Waals surface area contributed by atoms with E-state index in [1.165, 1.54) is 34.6 Å². The molecule has 0 saturated carbocycles. The Hall–Kier alpha value is -2.14. The normalized spacial score (nSPS) is 16.3. The van der Waals surface area contributed by atoms with E-state index in [4.69, 9.17) is 11.6 Å². The molecule has 2 aromatic rings. The van der Waals surface area contributed by atoms with Crippen molar-refractivity contribution in [1.82, 2.24) is 14.5 Å². The monoisotopic (exact) mass is 475 g/mol. The first-order chi connectivity index (χ1) is 14.5. The van der Waals surface area contributed by atoms with E-state index in [0.717, 1.165) is 12.1 Å². The lowest BCUT2D eigenvalue weighted by molar-refractivity contribution is -0.137. The number of rotatable bonds is 5. The van der Waals surface area contributed by atoms with Gasteiger partial charge in [-0.1, -0.05) is 23.7 Å². The highest BCUT2D eigenvalue weighted by Gasteiger charge is 2.31. The van der Waals surface area contributed by atoms with Crippen LogP contribution in [0.4, 0.5) is 13.2 Å². The van der Waals surface area contributed by atoms with E-state index in [0.29, 0.717) is 26.2 Å². The number of carbonyl (C=O) groups excluding carboxylic acids is 1. The second-order valence-electron chi connectivity index (χ2n) is 7.23. The van der Waals surface area contributed by atoms with Crippen molar-refractivity contribution in [3.05, 3.63) is 64.2 Å². The summed E-state index contributed by atoms with van der Waals surface area (Å²) in [5, 5.41) is 2.51. The molecule has 31 heavy (non-hydrogen) atoms. The number of alkyl halides is 3. The molecule has 1 fully saturated rings. The number of likely N-dealkylation sites (N-methyl/N-ethyl adjacent to an activating group) is 1. The number of amides is 1. The predicted molar refractivity (Wildman–Crippen MR) is 110 cm³/mol. The van der Waals surface area contributed by atoms with Gasteiger partial charge in [0.15, 0.2) is 0 Å². The van der Waals surface area contributed by atoms with E-state index in [2.05, 4.69) is 5.32 Å². The van der Waals surface area contributed by atoms with E-state index < -0.39 is 27.7 Å². The van der Waals surface area contributed by atoms with Crippen LogP contribution in [-0.2, 0) is 22.7 Å². The van der Waals surface area contributed by atoms with Gasteiger partial charge in [0, 0.05) is 38.3 Å². The maximum Gasteiger partial charge on any atom is 0.416 e. The summed E-state index contributed by atoms with van der Waals surface area (Å²) in [5.41, 5.74) is -0.502. The van der Waals surface area contributed by atoms with Crippen molar-refractivity contribution >= 4 is 27.5 Å². The van der Waals surface area contributed by atoms with Crippen molar-refractivity contribution < 1.29 is 26.4 Å². The van der Waals surface area contributed by atoms with Gasteiger partial charge in [-0.25, -0.2) is 8.42 Å². The number of nitrogens with zero attached hydrogens (tertiary/aromatic N) is 2. The van der Waals surface area contributed by atoms with Crippen LogP contribution in [0.1, 0.15) is 21.5 Å². The van der Waals surface area contributed by atoms with E-state index in [-0.39, 0.29) is 27.6 Å². The lowest BCUT2D eigenvalue weighted by Crippen LogP contribution is -2.47. The van der Waals surface area contributed by atoms with Gasteiger partial charge >= 0.3 is 6.18 Å². The lowest BCUT2D eigenvalue weighted by Gasteiger charge is -2.31. The smallest absolute Gasteiger partial charge is 0.348 e. The van der Waals surface area contributed by atoms with Crippen LogP contribution in [0.2, 0.25) is 5.02 Å². The molecule has 2 aromatic carbocycles. The van der Waals surface area contributed by atoms with Crippen molar-refractivity contribution in [1.29, 1.82) is 0 Å². The fourth-order valence-electron chi connectivity index (χ4n) is 3.15. The predicted octanol–water partition coefficient (Wildman–Crippen LogP) is 3.22. The Morgan fingerprint density at radius 2 is 1.77 bits per heavy atom. The SMILES string of the molecule is CN1CCN(S(=O)(=O)c2cc(C(=O)NCc3cccc(C(F)(F)F)c3)ccc2Cl)CC1. The molecule has 1 aliphatic rings. The summed E-state index contributed by atoms with van der Waals surface area (Å²) in [5.74, 6) is -0.621. The minimum absolute atomic E-state index is 0.00615. The summed E-state index contributed by atoms with van der Waals surface area (Å²) >= 11 is 6.11. The second-order valence-corrected chi connectivity index (χ2v) is 9.55. The highest BCUT2D eigenvalue weighted by atomic mass is 35.5. The number of hydrogen-bond acceptors (Lipinski definition) is 4. The van der Waals surface area contributed by atoms with Crippen molar-refractivity contribution in [2.45, 2.75) is 17.6 Å². The first kappa shape index (κ1) is 23.5. The summed E-state index contributed by atoms with van der Waals surface area (Å²) < 4.78 is 65.8. The number of hydrogen-bond donors (Lipinski definition) is 1. The number of carbonyl (C=O) groups is 1. The molecule has 0 bridgehead atoms. The molecule has 0 radical (unpaired) electrons. The third-order valence-corrected chi connectivity index (χ3v) is 7.36. The maximum absolute atomic E-state index is 13.0. The second kappa shape index (κ2) is 9.15. The number of piperazine rings is 1. The van der Waals surface area contributed by atoms with E-state index >= 15 is 0 Å². The summed E-state index contributed by atoms with van der Waals surface area (Å²) in [6.07, 6.45) is -4.48. The molecule has 1 amide bonds. The third kappa shape index (κ3) is 5.57. The van der Waals surface area contributed by atoms with Crippen molar-refractivity contribution in [3.8, 4) is 0 Å². The van der Waals surface area contributed by atoms with Gasteiger partial charge in [0.1, 0.15) is 4.90 Å². The summed E-state index contributed by atoms with van der Waals surface area (Å²) in [6, 6.07) is 8.49. The zero-order chi connectivity index (χ0) is 22.8. The van der Waals surface area contributed by atoms with Crippen LogP contribution in [0.3, 0.4) is 0 Å². The molecule has 1 N–H and O–H groups in total. The third-order valence-electron chi connectivity index (χ3n) is 4.98. The van der Waals surface area contributed by atoms with E-state index in [1.807, 2.05) is 11.9 Å². The Morgan fingerprint density at radius 1 is 1.10 bits per heavy atom. The molecular weight excluding hydrogens is 455 g/mol. The molecule has 0 aliphatic carbocycles. The fourth-order valence-corrected chi connectivity index (χ4v) is 5.07. The average molecular weight is 476 g/mol. The van der Waals surface area contributed by atoms with Gasteiger partial charge in [0.05, 0.1) is 10.6 Å². The van der Waals surface area contributed by atoms with Crippen LogP contribution in [0.5, 0.6) is 0 Å². The average Bonchev–Trinajstić information content (AvgIpc) is 2.72. The Labute approximate surface area is 183 Å². The Balaban J connectivity index is 1.76. The van der Waals surface area contributed by atoms with Crippen LogP contribution in [-0.4, -0.2) is 56.8 Å². The van der Waals surface area contributed by atoms with Crippen LogP contribution >= 0.6 is 11.6 Å². The van der Waals surface area contributed by atoms with E-state index in [9.17, 15) is 26.4 Å². The molecule has 1 heterocycles. The molecule has 11 heteroatoms. The molecule has 6 nitrogen and oxygen atoms in total. The molecule has 0 aromatic heterocycles. The van der Waals surface area contributed by atoms with Gasteiger partial charge in [0.25, 0.3) is 5.91 Å². The Kier molecular flexibility index (Phi) is 6.95. The standard InChI is InChI=1S/C20H21ClF3N3O3S/c1-26-7-9-27(10-8-26)31(29,30)18-12-15(5-6-17(18)21)19(28)25-13-14-3-2-4-16(11-14)20(22,23)24/h2-6,11-12H,7-10,13H2,1H3,(H,25,28). The molecule has 168 valence electrons.